The third-order valence-electron chi connectivity index (χ3n) is 2.54. The van der Waals surface area contributed by atoms with E-state index in [9.17, 15) is 13.2 Å². The molecule has 0 aliphatic rings. The lowest BCUT2D eigenvalue weighted by Crippen LogP contribution is -2.36. The lowest BCUT2D eigenvalue weighted by molar-refractivity contribution is -0.122. The zero-order chi connectivity index (χ0) is 13.8. The molecule has 0 saturated carbocycles. The van der Waals surface area contributed by atoms with Crippen LogP contribution in [0.3, 0.4) is 0 Å². The second kappa shape index (κ2) is 6.19. The van der Waals surface area contributed by atoms with Crippen molar-refractivity contribution in [1.29, 1.82) is 0 Å². The number of nitrogens with one attached hydrogen (secondary N) is 1. The first-order valence-electron chi connectivity index (χ1n) is 5.62. The lowest BCUT2D eigenvalue weighted by Gasteiger charge is -2.14. The molecule has 102 valence electrons. The van der Waals surface area contributed by atoms with Gasteiger partial charge in [0.1, 0.15) is 6.54 Å². The largest absolute Gasteiger partial charge is 0.352 e. The maximum atomic E-state index is 11.7. The van der Waals surface area contributed by atoms with E-state index in [2.05, 4.69) is 10.3 Å². The molecule has 0 bridgehead atoms. The summed E-state index contributed by atoms with van der Waals surface area (Å²) >= 11 is 0. The molecule has 0 radical (unpaired) electrons. The molecule has 1 amide bonds. The second-order valence-corrected chi connectivity index (χ2v) is 6.42. The predicted molar refractivity (Wildman–Crippen MR) is 67.8 cm³/mol. The maximum Gasteiger partial charge on any atom is 0.280 e. The van der Waals surface area contributed by atoms with Crippen molar-refractivity contribution in [3.05, 3.63) is 12.5 Å². The van der Waals surface area contributed by atoms with Crippen LogP contribution in [0.15, 0.2) is 17.6 Å². The Morgan fingerprint density at radius 2 is 2.11 bits per heavy atom. The van der Waals surface area contributed by atoms with Gasteiger partial charge in [-0.05, 0) is 12.8 Å². The number of rotatable bonds is 6. The molecule has 0 unspecified atom stereocenters. The van der Waals surface area contributed by atoms with Gasteiger partial charge in [0.05, 0.1) is 6.33 Å². The van der Waals surface area contributed by atoms with Crippen LogP contribution in [0.25, 0.3) is 0 Å². The van der Waals surface area contributed by atoms with Gasteiger partial charge in [-0.2, -0.15) is 0 Å². The van der Waals surface area contributed by atoms with Crippen LogP contribution in [-0.2, 0) is 20.4 Å². The van der Waals surface area contributed by atoms with Crippen molar-refractivity contribution >= 4 is 25.6 Å². The van der Waals surface area contributed by atoms with Crippen molar-refractivity contribution in [1.82, 2.24) is 14.9 Å². The van der Waals surface area contributed by atoms with Crippen LogP contribution in [0.5, 0.6) is 0 Å². The summed E-state index contributed by atoms with van der Waals surface area (Å²) in [7, 11) is 1.29. The van der Waals surface area contributed by atoms with E-state index >= 15 is 0 Å². The molecule has 0 aliphatic heterocycles. The average molecular weight is 294 g/mol. The quantitative estimate of drug-likeness (QED) is 0.797. The van der Waals surface area contributed by atoms with Crippen molar-refractivity contribution < 1.29 is 13.2 Å². The van der Waals surface area contributed by atoms with E-state index in [-0.39, 0.29) is 23.5 Å². The van der Waals surface area contributed by atoms with E-state index in [1.165, 1.54) is 17.1 Å². The number of aromatic nitrogens is 2. The fourth-order valence-electron chi connectivity index (χ4n) is 1.48. The fraction of sp³-hybridized carbons (Fsp3) is 0.600. The minimum atomic E-state index is -3.84. The number of hydrogen-bond acceptors (Lipinski definition) is 4. The van der Waals surface area contributed by atoms with Gasteiger partial charge in [0, 0.05) is 22.9 Å². The molecule has 0 aliphatic carbocycles. The molecule has 1 heterocycles. The summed E-state index contributed by atoms with van der Waals surface area (Å²) in [6.45, 7) is 4.00. The minimum absolute atomic E-state index is 0.0237. The molecule has 0 atom stereocenters. The van der Waals surface area contributed by atoms with Gasteiger partial charge in [-0.3, -0.25) is 4.79 Å². The number of nitrogens with zero attached hydrogens (tertiary/aromatic N) is 2. The van der Waals surface area contributed by atoms with E-state index in [0.717, 1.165) is 12.8 Å². The SMILES string of the molecule is CCC(CC)NC(=O)Cn1cnc(S(=O)(=O)Cl)c1. The van der Waals surface area contributed by atoms with Crippen LogP contribution in [-0.4, -0.2) is 29.9 Å². The van der Waals surface area contributed by atoms with Gasteiger partial charge in [-0.1, -0.05) is 13.8 Å². The first-order chi connectivity index (χ1) is 8.36. The molecule has 1 N–H and O–H groups in total. The Morgan fingerprint density at radius 1 is 1.50 bits per heavy atom. The van der Waals surface area contributed by atoms with Crippen LogP contribution >= 0.6 is 10.7 Å². The highest BCUT2D eigenvalue weighted by Crippen LogP contribution is 2.11. The Balaban J connectivity index is 2.63. The van der Waals surface area contributed by atoms with Crippen molar-refractivity contribution in [3.8, 4) is 0 Å². The molecule has 18 heavy (non-hydrogen) atoms. The standard InChI is InChI=1S/C10H16ClN3O3S/c1-3-8(4-2)13-9(15)5-14-6-10(12-7-14)18(11,16)17/h6-8H,3-5H2,1-2H3,(H,13,15). The van der Waals surface area contributed by atoms with Gasteiger partial charge >= 0.3 is 0 Å². The number of halogens is 1. The highest BCUT2D eigenvalue weighted by Gasteiger charge is 2.15. The zero-order valence-corrected chi connectivity index (χ0v) is 11.8. The molecule has 0 saturated heterocycles. The highest BCUT2D eigenvalue weighted by atomic mass is 35.7. The molecule has 1 aromatic heterocycles. The van der Waals surface area contributed by atoms with Gasteiger partial charge in [0.2, 0.25) is 5.91 Å². The highest BCUT2D eigenvalue weighted by molar-refractivity contribution is 8.13. The van der Waals surface area contributed by atoms with Crippen LogP contribution in [0.1, 0.15) is 26.7 Å². The van der Waals surface area contributed by atoms with Crippen molar-refractivity contribution in [2.45, 2.75) is 44.3 Å². The monoisotopic (exact) mass is 293 g/mol. The van der Waals surface area contributed by atoms with Crippen LogP contribution in [0, 0.1) is 0 Å². The van der Waals surface area contributed by atoms with Gasteiger partial charge in [-0.25, -0.2) is 13.4 Å². The Bertz CT molecular complexity index is 508. The van der Waals surface area contributed by atoms with E-state index in [4.69, 9.17) is 10.7 Å². The summed E-state index contributed by atoms with van der Waals surface area (Å²) in [5, 5.41) is 2.59. The summed E-state index contributed by atoms with van der Waals surface area (Å²) in [4.78, 5) is 15.3. The number of carbonyl (C=O) groups is 1. The number of amides is 1. The topological polar surface area (TPSA) is 81.1 Å². The van der Waals surface area contributed by atoms with E-state index in [1.54, 1.807) is 0 Å². The summed E-state index contributed by atoms with van der Waals surface area (Å²) in [6, 6.07) is 0.136. The number of hydrogen-bond donors (Lipinski definition) is 1. The van der Waals surface area contributed by atoms with Gasteiger partial charge in [-0.15, -0.1) is 0 Å². The third-order valence-corrected chi connectivity index (χ3v) is 3.72. The predicted octanol–water partition coefficient (Wildman–Crippen LogP) is 1.12. The normalized spacial score (nSPS) is 11.8. The second-order valence-electron chi connectivity index (χ2n) is 3.90. The summed E-state index contributed by atoms with van der Waals surface area (Å²) < 4.78 is 23.4. The minimum Gasteiger partial charge on any atom is -0.352 e. The Hall–Kier alpha value is -1.08. The molecule has 1 aromatic rings. The third kappa shape index (κ3) is 4.30. The van der Waals surface area contributed by atoms with Gasteiger partial charge in [0.15, 0.2) is 5.03 Å². The number of imidazole rings is 1. The fourth-order valence-corrected chi connectivity index (χ4v) is 2.16. The van der Waals surface area contributed by atoms with Crippen LogP contribution in [0.2, 0.25) is 0 Å². The smallest absolute Gasteiger partial charge is 0.280 e. The molecular formula is C10H16ClN3O3S. The van der Waals surface area contributed by atoms with E-state index in [0.29, 0.717) is 0 Å². The molecule has 0 spiro atoms. The average Bonchev–Trinajstić information content (AvgIpc) is 2.74. The molecular weight excluding hydrogens is 278 g/mol. The molecule has 0 aromatic carbocycles. The Morgan fingerprint density at radius 3 is 2.56 bits per heavy atom. The number of carbonyl (C=O) groups excluding carboxylic acids is 1. The zero-order valence-electron chi connectivity index (χ0n) is 10.3. The van der Waals surface area contributed by atoms with Crippen molar-refractivity contribution in [2.24, 2.45) is 0 Å². The first-order valence-corrected chi connectivity index (χ1v) is 7.93. The summed E-state index contributed by atoms with van der Waals surface area (Å²) in [5.41, 5.74) is 0. The van der Waals surface area contributed by atoms with Crippen molar-refractivity contribution in [3.63, 3.8) is 0 Å². The first kappa shape index (κ1) is 15.0. The molecule has 0 fully saturated rings. The summed E-state index contributed by atoms with van der Waals surface area (Å²) in [6.07, 6.45) is 4.21. The summed E-state index contributed by atoms with van der Waals surface area (Å²) in [5.74, 6) is -0.181. The Labute approximate surface area is 111 Å². The van der Waals surface area contributed by atoms with Gasteiger partial charge in [0.25, 0.3) is 9.05 Å². The lowest BCUT2D eigenvalue weighted by atomic mass is 10.2. The molecule has 8 heteroatoms. The Kier molecular flexibility index (Phi) is 5.15. The molecule has 6 nitrogen and oxygen atoms in total. The van der Waals surface area contributed by atoms with Gasteiger partial charge < -0.3 is 9.88 Å². The van der Waals surface area contributed by atoms with Crippen LogP contribution in [0.4, 0.5) is 0 Å². The molecule has 1 rings (SSSR count). The van der Waals surface area contributed by atoms with E-state index in [1.807, 2.05) is 13.8 Å². The van der Waals surface area contributed by atoms with Crippen molar-refractivity contribution in [2.75, 3.05) is 0 Å². The maximum absolute atomic E-state index is 11.7. The van der Waals surface area contributed by atoms with E-state index < -0.39 is 9.05 Å². The van der Waals surface area contributed by atoms with Crippen LogP contribution < -0.4 is 5.32 Å².